The van der Waals surface area contributed by atoms with E-state index in [-0.39, 0.29) is 5.82 Å². The Morgan fingerprint density at radius 2 is 1.41 bits per heavy atom. The molecule has 0 aromatic heterocycles. The first kappa shape index (κ1) is 11.3. The van der Waals surface area contributed by atoms with E-state index >= 15 is 0 Å². The second kappa shape index (κ2) is 4.78. The number of benzene rings is 2. The molecule has 0 aliphatic heterocycles. The quantitative estimate of drug-likeness (QED) is 0.475. The van der Waals surface area contributed by atoms with Crippen LogP contribution in [0.15, 0.2) is 53.7 Å². The monoisotopic (exact) mass is 229 g/mol. The molecule has 0 amide bonds. The van der Waals surface area contributed by atoms with E-state index in [9.17, 15) is 4.39 Å². The van der Waals surface area contributed by atoms with Gasteiger partial charge in [-0.05, 0) is 35.7 Å². The normalized spacial score (nSPS) is 11.5. The molecule has 17 heavy (non-hydrogen) atoms. The van der Waals surface area contributed by atoms with Crippen LogP contribution >= 0.6 is 0 Å². The van der Waals surface area contributed by atoms with Gasteiger partial charge in [0.25, 0.3) is 0 Å². The van der Waals surface area contributed by atoms with Crippen LogP contribution in [0.5, 0.6) is 0 Å². The lowest BCUT2D eigenvalue weighted by Crippen LogP contribution is -1.93. The zero-order valence-electron chi connectivity index (χ0n) is 9.39. The second-order valence-electron chi connectivity index (χ2n) is 3.77. The molecule has 2 nitrogen and oxygen atoms in total. The SMILES string of the molecule is CC(=NO)c1ccc(-c2ccc(F)cc2)cc1. The van der Waals surface area contributed by atoms with Crippen LogP contribution in [0.4, 0.5) is 4.39 Å². The van der Waals surface area contributed by atoms with E-state index in [1.807, 2.05) is 24.3 Å². The van der Waals surface area contributed by atoms with Gasteiger partial charge in [0.2, 0.25) is 0 Å². The number of nitrogens with zero attached hydrogens (tertiary/aromatic N) is 1. The summed E-state index contributed by atoms with van der Waals surface area (Å²) >= 11 is 0. The number of halogens is 1. The fourth-order valence-electron chi connectivity index (χ4n) is 1.60. The molecule has 0 aliphatic rings. The minimum absolute atomic E-state index is 0.242. The average molecular weight is 229 g/mol. The van der Waals surface area contributed by atoms with Crippen LogP contribution < -0.4 is 0 Å². The highest BCUT2D eigenvalue weighted by atomic mass is 19.1. The Balaban J connectivity index is 2.32. The third-order valence-electron chi connectivity index (χ3n) is 2.63. The molecule has 2 rings (SSSR count). The van der Waals surface area contributed by atoms with Gasteiger partial charge in [0.1, 0.15) is 5.82 Å². The van der Waals surface area contributed by atoms with Gasteiger partial charge in [-0.1, -0.05) is 41.6 Å². The molecule has 0 atom stereocenters. The number of hydrogen-bond donors (Lipinski definition) is 1. The molecule has 0 spiro atoms. The van der Waals surface area contributed by atoms with Crippen LogP contribution in [0.3, 0.4) is 0 Å². The molecule has 0 saturated carbocycles. The molecule has 1 N–H and O–H groups in total. The van der Waals surface area contributed by atoms with Gasteiger partial charge in [-0.15, -0.1) is 0 Å². The minimum atomic E-state index is -0.242. The van der Waals surface area contributed by atoms with Gasteiger partial charge in [-0.3, -0.25) is 0 Å². The topological polar surface area (TPSA) is 32.6 Å². The van der Waals surface area contributed by atoms with Crippen molar-refractivity contribution in [2.24, 2.45) is 5.16 Å². The summed E-state index contributed by atoms with van der Waals surface area (Å²) in [5.74, 6) is -0.242. The molecule has 0 saturated heterocycles. The molecule has 2 aromatic carbocycles. The third-order valence-corrected chi connectivity index (χ3v) is 2.63. The van der Waals surface area contributed by atoms with Gasteiger partial charge in [-0.25, -0.2) is 4.39 Å². The van der Waals surface area contributed by atoms with E-state index in [0.717, 1.165) is 16.7 Å². The summed E-state index contributed by atoms with van der Waals surface area (Å²) in [6.45, 7) is 1.73. The van der Waals surface area contributed by atoms with Crippen molar-refractivity contribution >= 4 is 5.71 Å². The maximum atomic E-state index is 12.8. The van der Waals surface area contributed by atoms with Crippen LogP contribution in [-0.2, 0) is 0 Å². The first-order valence-electron chi connectivity index (χ1n) is 5.26. The molecule has 0 bridgehead atoms. The Hall–Kier alpha value is -2.16. The van der Waals surface area contributed by atoms with E-state index in [0.29, 0.717) is 5.71 Å². The Bertz CT molecular complexity index is 529. The van der Waals surface area contributed by atoms with Crippen molar-refractivity contribution in [1.29, 1.82) is 0 Å². The maximum absolute atomic E-state index is 12.8. The summed E-state index contributed by atoms with van der Waals surface area (Å²) in [5.41, 5.74) is 3.38. The zero-order chi connectivity index (χ0) is 12.3. The number of rotatable bonds is 2. The van der Waals surface area contributed by atoms with Crippen LogP contribution in [0.25, 0.3) is 11.1 Å². The van der Waals surface area contributed by atoms with Gasteiger partial charge in [0.15, 0.2) is 0 Å². The highest BCUT2D eigenvalue weighted by Crippen LogP contribution is 2.20. The third kappa shape index (κ3) is 2.50. The van der Waals surface area contributed by atoms with Gasteiger partial charge in [0, 0.05) is 0 Å². The minimum Gasteiger partial charge on any atom is -0.411 e. The second-order valence-corrected chi connectivity index (χ2v) is 3.77. The lowest BCUT2D eigenvalue weighted by atomic mass is 10.0. The summed E-state index contributed by atoms with van der Waals surface area (Å²) in [6, 6.07) is 13.9. The Morgan fingerprint density at radius 3 is 1.88 bits per heavy atom. The first-order valence-corrected chi connectivity index (χ1v) is 5.26. The van der Waals surface area contributed by atoms with Crippen molar-refractivity contribution in [3.8, 4) is 11.1 Å². The predicted octanol–water partition coefficient (Wildman–Crippen LogP) is 3.69. The first-order chi connectivity index (χ1) is 8.20. The fraction of sp³-hybridized carbons (Fsp3) is 0.0714. The van der Waals surface area contributed by atoms with Crippen LogP contribution in [-0.4, -0.2) is 10.9 Å². The van der Waals surface area contributed by atoms with Crippen molar-refractivity contribution in [1.82, 2.24) is 0 Å². The molecule has 86 valence electrons. The molecule has 0 fully saturated rings. The molecular formula is C14H12FNO. The Morgan fingerprint density at radius 1 is 0.941 bits per heavy atom. The van der Waals surface area contributed by atoms with Crippen LogP contribution in [0, 0.1) is 5.82 Å². The van der Waals surface area contributed by atoms with E-state index < -0.39 is 0 Å². The fourth-order valence-corrected chi connectivity index (χ4v) is 1.60. The molecule has 0 unspecified atom stereocenters. The molecule has 3 heteroatoms. The van der Waals surface area contributed by atoms with E-state index in [1.54, 1.807) is 19.1 Å². The van der Waals surface area contributed by atoms with Crippen LogP contribution in [0.1, 0.15) is 12.5 Å². The van der Waals surface area contributed by atoms with Crippen LogP contribution in [0.2, 0.25) is 0 Å². The zero-order valence-corrected chi connectivity index (χ0v) is 9.39. The number of hydrogen-bond acceptors (Lipinski definition) is 2. The highest BCUT2D eigenvalue weighted by molar-refractivity contribution is 5.98. The van der Waals surface area contributed by atoms with E-state index in [4.69, 9.17) is 5.21 Å². The van der Waals surface area contributed by atoms with Gasteiger partial charge in [0.05, 0.1) is 5.71 Å². The Labute approximate surface area is 99.0 Å². The van der Waals surface area contributed by atoms with Gasteiger partial charge < -0.3 is 5.21 Å². The summed E-state index contributed by atoms with van der Waals surface area (Å²) in [6.07, 6.45) is 0. The van der Waals surface area contributed by atoms with Crippen molar-refractivity contribution in [3.05, 3.63) is 59.9 Å². The largest absolute Gasteiger partial charge is 0.411 e. The van der Waals surface area contributed by atoms with Gasteiger partial charge >= 0.3 is 0 Å². The Kier molecular flexibility index (Phi) is 3.19. The molecule has 0 radical (unpaired) electrons. The molecule has 2 aromatic rings. The number of oxime groups is 1. The average Bonchev–Trinajstić information content (AvgIpc) is 2.39. The summed E-state index contributed by atoms with van der Waals surface area (Å²) in [4.78, 5) is 0. The standard InChI is InChI=1S/C14H12FNO/c1-10(16-17)11-2-4-12(5-3-11)13-6-8-14(15)9-7-13/h2-9,17H,1H3. The lowest BCUT2D eigenvalue weighted by molar-refractivity contribution is 0.319. The van der Waals surface area contributed by atoms with Crippen molar-refractivity contribution in [2.75, 3.05) is 0 Å². The summed E-state index contributed by atoms with van der Waals surface area (Å²) in [5, 5.41) is 11.8. The highest BCUT2D eigenvalue weighted by Gasteiger charge is 2.00. The maximum Gasteiger partial charge on any atom is 0.123 e. The van der Waals surface area contributed by atoms with E-state index in [2.05, 4.69) is 5.16 Å². The predicted molar refractivity (Wildman–Crippen MR) is 65.8 cm³/mol. The smallest absolute Gasteiger partial charge is 0.123 e. The van der Waals surface area contributed by atoms with Gasteiger partial charge in [-0.2, -0.15) is 0 Å². The molecule has 0 aliphatic carbocycles. The lowest BCUT2D eigenvalue weighted by Gasteiger charge is -2.03. The molecular weight excluding hydrogens is 217 g/mol. The van der Waals surface area contributed by atoms with Crippen molar-refractivity contribution < 1.29 is 9.60 Å². The van der Waals surface area contributed by atoms with Crippen molar-refractivity contribution in [2.45, 2.75) is 6.92 Å². The van der Waals surface area contributed by atoms with E-state index in [1.165, 1.54) is 12.1 Å². The summed E-state index contributed by atoms with van der Waals surface area (Å²) in [7, 11) is 0. The van der Waals surface area contributed by atoms with Crippen molar-refractivity contribution in [3.63, 3.8) is 0 Å². The summed E-state index contributed by atoms with van der Waals surface area (Å²) < 4.78 is 12.8. The molecule has 0 heterocycles.